The molecule has 2 N–H and O–H groups in total. The normalized spacial score (nSPS) is 29.5. The maximum Gasteiger partial charge on any atom is 0.190 e. The van der Waals surface area contributed by atoms with Crippen LogP contribution in [0.3, 0.4) is 0 Å². The highest BCUT2D eigenvalue weighted by Gasteiger charge is 2.21. The van der Waals surface area contributed by atoms with Crippen molar-refractivity contribution in [3.05, 3.63) is 0 Å². The molecule has 0 aromatic carbocycles. The molecule has 1 aliphatic heterocycles. The Kier molecular flexibility index (Phi) is 8.02. The molecule has 1 saturated heterocycles. The van der Waals surface area contributed by atoms with Gasteiger partial charge in [0.25, 0.3) is 0 Å². The molecule has 0 radical (unpaired) electrons. The third kappa shape index (κ3) is 6.13. The van der Waals surface area contributed by atoms with Gasteiger partial charge >= 0.3 is 0 Å². The van der Waals surface area contributed by atoms with Crippen molar-refractivity contribution in [2.45, 2.75) is 51.6 Å². The van der Waals surface area contributed by atoms with Crippen LogP contribution in [0.15, 0.2) is 4.99 Å². The minimum absolute atomic E-state index is 0.310. The Morgan fingerprint density at radius 1 is 1.23 bits per heavy atom. The second-order valence-corrected chi connectivity index (χ2v) is 6.61. The van der Waals surface area contributed by atoms with Crippen molar-refractivity contribution >= 4 is 5.96 Å². The van der Waals surface area contributed by atoms with Gasteiger partial charge in [-0.1, -0.05) is 26.2 Å². The van der Waals surface area contributed by atoms with Gasteiger partial charge < -0.3 is 20.1 Å². The minimum Gasteiger partial charge on any atom is -0.379 e. The first kappa shape index (κ1) is 17.5. The number of ether oxygens (including phenoxy) is 2. The predicted molar refractivity (Wildman–Crippen MR) is 90.3 cm³/mol. The number of nitrogens with one attached hydrogen (secondary N) is 2. The summed E-state index contributed by atoms with van der Waals surface area (Å²) >= 11 is 0. The van der Waals surface area contributed by atoms with E-state index in [2.05, 4.69) is 22.5 Å². The van der Waals surface area contributed by atoms with Gasteiger partial charge in [-0.15, -0.1) is 0 Å². The second kappa shape index (κ2) is 10.1. The molecule has 22 heavy (non-hydrogen) atoms. The number of rotatable bonds is 7. The van der Waals surface area contributed by atoms with Gasteiger partial charge in [-0.25, -0.2) is 0 Å². The minimum atomic E-state index is 0.310. The molecule has 0 aromatic heterocycles. The number of aliphatic imine (C=N–C) groups is 1. The lowest BCUT2D eigenvalue weighted by atomic mass is 9.80. The number of guanidine groups is 1. The van der Waals surface area contributed by atoms with Crippen molar-refractivity contribution in [1.82, 2.24) is 10.6 Å². The fourth-order valence-electron chi connectivity index (χ4n) is 3.32. The summed E-state index contributed by atoms with van der Waals surface area (Å²) in [4.78, 5) is 4.31. The quantitative estimate of drug-likeness (QED) is 0.430. The monoisotopic (exact) mass is 311 g/mol. The lowest BCUT2D eigenvalue weighted by Crippen LogP contribution is -2.41. The van der Waals surface area contributed by atoms with Crippen molar-refractivity contribution in [1.29, 1.82) is 0 Å². The standard InChI is InChI=1S/C17H33N3O2/c1-14-6-3-4-7-15(14)12-20-17(18-2)19-9-5-10-22-16-8-11-21-13-16/h14-16H,3-13H2,1-2H3,(H2,18,19,20). The zero-order valence-corrected chi connectivity index (χ0v) is 14.3. The second-order valence-electron chi connectivity index (χ2n) is 6.61. The Bertz CT molecular complexity index is 330. The molecule has 5 heteroatoms. The molecule has 1 heterocycles. The molecular weight excluding hydrogens is 278 g/mol. The van der Waals surface area contributed by atoms with Crippen LogP contribution in [0.25, 0.3) is 0 Å². The first-order chi connectivity index (χ1) is 10.8. The van der Waals surface area contributed by atoms with Gasteiger partial charge in [0, 0.05) is 33.4 Å². The molecule has 1 aliphatic carbocycles. The summed E-state index contributed by atoms with van der Waals surface area (Å²) in [6, 6.07) is 0. The van der Waals surface area contributed by atoms with Gasteiger partial charge in [0.05, 0.1) is 12.7 Å². The Morgan fingerprint density at radius 2 is 2.09 bits per heavy atom. The smallest absolute Gasteiger partial charge is 0.190 e. The van der Waals surface area contributed by atoms with E-state index in [0.29, 0.717) is 6.10 Å². The van der Waals surface area contributed by atoms with E-state index < -0.39 is 0 Å². The van der Waals surface area contributed by atoms with E-state index in [4.69, 9.17) is 9.47 Å². The molecule has 0 bridgehead atoms. The van der Waals surface area contributed by atoms with Gasteiger partial charge in [-0.2, -0.15) is 0 Å². The fourth-order valence-corrected chi connectivity index (χ4v) is 3.32. The summed E-state index contributed by atoms with van der Waals surface area (Å²) in [6.45, 7) is 6.71. The fraction of sp³-hybridized carbons (Fsp3) is 0.941. The molecule has 3 atom stereocenters. The highest BCUT2D eigenvalue weighted by atomic mass is 16.5. The molecule has 2 rings (SSSR count). The van der Waals surface area contributed by atoms with Gasteiger partial charge in [-0.3, -0.25) is 4.99 Å². The maximum absolute atomic E-state index is 5.76. The first-order valence-corrected chi connectivity index (χ1v) is 8.93. The molecule has 0 aromatic rings. The van der Waals surface area contributed by atoms with Crippen molar-refractivity contribution in [3.8, 4) is 0 Å². The van der Waals surface area contributed by atoms with Crippen LogP contribution in [0.1, 0.15) is 45.4 Å². The lowest BCUT2D eigenvalue weighted by molar-refractivity contribution is 0.0420. The summed E-state index contributed by atoms with van der Waals surface area (Å²) in [6.07, 6.45) is 7.85. The first-order valence-electron chi connectivity index (χ1n) is 8.93. The summed E-state index contributed by atoms with van der Waals surface area (Å²) in [7, 11) is 1.84. The van der Waals surface area contributed by atoms with Crippen LogP contribution in [-0.4, -0.2) is 52.0 Å². The third-order valence-corrected chi connectivity index (χ3v) is 4.90. The Labute approximate surface area is 135 Å². The van der Waals surface area contributed by atoms with Crippen LogP contribution >= 0.6 is 0 Å². The Morgan fingerprint density at radius 3 is 2.82 bits per heavy atom. The van der Waals surface area contributed by atoms with E-state index in [1.54, 1.807) is 0 Å². The third-order valence-electron chi connectivity index (χ3n) is 4.90. The van der Waals surface area contributed by atoms with Crippen molar-refractivity contribution in [3.63, 3.8) is 0 Å². The van der Waals surface area contributed by atoms with Gasteiger partial charge in [0.15, 0.2) is 5.96 Å². The van der Waals surface area contributed by atoms with Crippen LogP contribution in [-0.2, 0) is 9.47 Å². The summed E-state index contributed by atoms with van der Waals surface area (Å²) in [5.41, 5.74) is 0. The molecule has 2 fully saturated rings. The summed E-state index contributed by atoms with van der Waals surface area (Å²) in [5, 5.41) is 6.86. The zero-order valence-electron chi connectivity index (χ0n) is 14.3. The van der Waals surface area contributed by atoms with Gasteiger partial charge in [0.1, 0.15) is 0 Å². The maximum atomic E-state index is 5.76. The van der Waals surface area contributed by atoms with Crippen molar-refractivity contribution in [2.24, 2.45) is 16.8 Å². The van der Waals surface area contributed by atoms with Crippen LogP contribution in [0.2, 0.25) is 0 Å². The molecule has 5 nitrogen and oxygen atoms in total. The van der Waals surface area contributed by atoms with Gasteiger partial charge in [-0.05, 0) is 31.1 Å². The van der Waals surface area contributed by atoms with Crippen molar-refractivity contribution < 1.29 is 9.47 Å². The van der Waals surface area contributed by atoms with E-state index >= 15 is 0 Å². The van der Waals surface area contributed by atoms with E-state index in [9.17, 15) is 0 Å². The highest BCUT2D eigenvalue weighted by molar-refractivity contribution is 5.79. The summed E-state index contributed by atoms with van der Waals surface area (Å²) in [5.74, 6) is 2.54. The molecule has 0 spiro atoms. The summed E-state index contributed by atoms with van der Waals surface area (Å²) < 4.78 is 11.1. The topological polar surface area (TPSA) is 54.9 Å². The molecule has 128 valence electrons. The average Bonchev–Trinajstić information content (AvgIpc) is 3.05. The van der Waals surface area contributed by atoms with Crippen LogP contribution in [0.5, 0.6) is 0 Å². The predicted octanol–water partition coefficient (Wildman–Crippen LogP) is 2.17. The van der Waals surface area contributed by atoms with Crippen LogP contribution < -0.4 is 10.6 Å². The zero-order chi connectivity index (χ0) is 15.6. The number of nitrogens with zero attached hydrogens (tertiary/aromatic N) is 1. The Hall–Kier alpha value is -0.810. The molecule has 0 amide bonds. The molecule has 1 saturated carbocycles. The number of hydrogen-bond acceptors (Lipinski definition) is 3. The van der Waals surface area contributed by atoms with E-state index in [1.165, 1.54) is 25.7 Å². The highest BCUT2D eigenvalue weighted by Crippen LogP contribution is 2.28. The van der Waals surface area contributed by atoms with Crippen LogP contribution in [0.4, 0.5) is 0 Å². The number of hydrogen-bond donors (Lipinski definition) is 2. The molecule has 2 aliphatic rings. The van der Waals surface area contributed by atoms with Crippen molar-refractivity contribution in [2.75, 3.05) is 40.0 Å². The van der Waals surface area contributed by atoms with E-state index in [0.717, 1.165) is 63.5 Å². The molecule has 3 unspecified atom stereocenters. The Balaban J connectivity index is 1.52. The average molecular weight is 311 g/mol. The largest absolute Gasteiger partial charge is 0.379 e. The molecular formula is C17H33N3O2. The van der Waals surface area contributed by atoms with E-state index in [1.807, 2.05) is 7.05 Å². The van der Waals surface area contributed by atoms with E-state index in [-0.39, 0.29) is 0 Å². The lowest BCUT2D eigenvalue weighted by Gasteiger charge is -2.29. The SMILES string of the molecule is CN=C(NCCCOC1CCOC1)NCC1CCCCC1C. The van der Waals surface area contributed by atoms with Gasteiger partial charge in [0.2, 0.25) is 0 Å². The van der Waals surface area contributed by atoms with Crippen LogP contribution in [0, 0.1) is 11.8 Å².